The minimum absolute atomic E-state index is 0.600. The van der Waals surface area contributed by atoms with Gasteiger partial charge in [-0.25, -0.2) is 0 Å². The van der Waals surface area contributed by atoms with Gasteiger partial charge in [0, 0.05) is 12.6 Å². The Balaban J connectivity index is 3.56. The molecular weight excluding hydrogens is 196 g/mol. The molecule has 2 N–H and O–H groups in total. The van der Waals surface area contributed by atoms with Crippen molar-refractivity contribution < 1.29 is 0 Å². The van der Waals surface area contributed by atoms with Crippen LogP contribution in [-0.2, 0) is 0 Å². The molecule has 0 aliphatic carbocycles. The van der Waals surface area contributed by atoms with Crippen molar-refractivity contribution in [2.45, 2.75) is 65.8 Å². The molecule has 0 fully saturated rings. The molecule has 0 amide bonds. The van der Waals surface area contributed by atoms with Crippen molar-refractivity contribution in [3.05, 3.63) is 0 Å². The topological polar surface area (TPSA) is 24.1 Å². The standard InChI is InChI=1S/C14H32N2/c1-5-8-14(9-6-2)12-16-13(4)11-15-10-7-3/h13-16H,5-12H2,1-4H3. The fourth-order valence-electron chi connectivity index (χ4n) is 2.10. The highest BCUT2D eigenvalue weighted by Crippen LogP contribution is 2.12. The number of hydrogen-bond donors (Lipinski definition) is 2. The summed E-state index contributed by atoms with van der Waals surface area (Å²) in [4.78, 5) is 0. The zero-order valence-corrected chi connectivity index (χ0v) is 11.8. The summed E-state index contributed by atoms with van der Waals surface area (Å²) in [6.07, 6.45) is 6.59. The Hall–Kier alpha value is -0.0800. The van der Waals surface area contributed by atoms with Gasteiger partial charge < -0.3 is 10.6 Å². The first-order valence-electron chi connectivity index (χ1n) is 7.18. The van der Waals surface area contributed by atoms with Crippen LogP contribution in [0.2, 0.25) is 0 Å². The molecule has 2 heteroatoms. The van der Waals surface area contributed by atoms with E-state index >= 15 is 0 Å². The molecule has 0 aliphatic heterocycles. The van der Waals surface area contributed by atoms with Crippen LogP contribution in [0.25, 0.3) is 0 Å². The molecule has 0 heterocycles. The molecule has 0 bridgehead atoms. The predicted octanol–water partition coefficient (Wildman–Crippen LogP) is 3.18. The average molecular weight is 228 g/mol. The van der Waals surface area contributed by atoms with Crippen molar-refractivity contribution in [3.8, 4) is 0 Å². The molecule has 0 saturated carbocycles. The van der Waals surface area contributed by atoms with Crippen molar-refractivity contribution in [1.29, 1.82) is 0 Å². The van der Waals surface area contributed by atoms with Gasteiger partial charge in [-0.1, -0.05) is 33.6 Å². The van der Waals surface area contributed by atoms with Gasteiger partial charge in [0.25, 0.3) is 0 Å². The monoisotopic (exact) mass is 228 g/mol. The zero-order chi connectivity index (χ0) is 12.2. The summed E-state index contributed by atoms with van der Waals surface area (Å²) in [7, 11) is 0. The Morgan fingerprint density at radius 1 is 0.875 bits per heavy atom. The molecule has 0 aromatic heterocycles. The molecule has 1 atom stereocenters. The fourth-order valence-corrected chi connectivity index (χ4v) is 2.10. The summed E-state index contributed by atoms with van der Waals surface area (Å²) in [5.74, 6) is 0.878. The molecule has 2 nitrogen and oxygen atoms in total. The summed E-state index contributed by atoms with van der Waals surface area (Å²) < 4.78 is 0. The summed E-state index contributed by atoms with van der Waals surface area (Å²) in [6, 6.07) is 0.600. The summed E-state index contributed by atoms with van der Waals surface area (Å²) in [5, 5.41) is 7.11. The van der Waals surface area contributed by atoms with Gasteiger partial charge in [-0.15, -0.1) is 0 Å². The molecule has 0 radical (unpaired) electrons. The lowest BCUT2D eigenvalue weighted by Crippen LogP contribution is -2.39. The quantitative estimate of drug-likeness (QED) is 0.531. The lowest BCUT2D eigenvalue weighted by Gasteiger charge is -2.20. The van der Waals surface area contributed by atoms with E-state index in [1.165, 1.54) is 38.6 Å². The number of hydrogen-bond acceptors (Lipinski definition) is 2. The second kappa shape index (κ2) is 11.4. The van der Waals surface area contributed by atoms with Crippen LogP contribution >= 0.6 is 0 Å². The molecule has 0 aromatic carbocycles. The van der Waals surface area contributed by atoms with Gasteiger partial charge in [0.15, 0.2) is 0 Å². The molecule has 98 valence electrons. The van der Waals surface area contributed by atoms with Crippen molar-refractivity contribution in [2.24, 2.45) is 5.92 Å². The van der Waals surface area contributed by atoms with Gasteiger partial charge >= 0.3 is 0 Å². The molecule has 0 rings (SSSR count). The summed E-state index contributed by atoms with van der Waals surface area (Å²) in [6.45, 7) is 12.5. The van der Waals surface area contributed by atoms with Crippen LogP contribution in [0.1, 0.15) is 59.8 Å². The Labute approximate surface area is 103 Å². The number of nitrogens with one attached hydrogen (secondary N) is 2. The average Bonchev–Trinajstić information content (AvgIpc) is 2.27. The summed E-state index contributed by atoms with van der Waals surface area (Å²) >= 11 is 0. The Bertz CT molecular complexity index is 131. The van der Waals surface area contributed by atoms with E-state index in [0.717, 1.165) is 19.0 Å². The normalized spacial score (nSPS) is 13.3. The summed E-state index contributed by atoms with van der Waals surface area (Å²) in [5.41, 5.74) is 0. The predicted molar refractivity (Wildman–Crippen MR) is 73.9 cm³/mol. The molecule has 16 heavy (non-hydrogen) atoms. The first-order valence-corrected chi connectivity index (χ1v) is 7.18. The third-order valence-corrected chi connectivity index (χ3v) is 3.03. The van der Waals surface area contributed by atoms with Gasteiger partial charge in [-0.05, 0) is 45.2 Å². The maximum atomic E-state index is 3.65. The third kappa shape index (κ3) is 9.17. The van der Waals surface area contributed by atoms with E-state index < -0.39 is 0 Å². The zero-order valence-electron chi connectivity index (χ0n) is 11.8. The lowest BCUT2D eigenvalue weighted by molar-refractivity contribution is 0.381. The number of rotatable bonds is 11. The highest BCUT2D eigenvalue weighted by Gasteiger charge is 2.08. The van der Waals surface area contributed by atoms with Gasteiger partial charge in [-0.2, -0.15) is 0 Å². The minimum atomic E-state index is 0.600. The first kappa shape index (κ1) is 15.9. The molecule has 0 spiro atoms. The second-order valence-corrected chi connectivity index (χ2v) is 4.96. The highest BCUT2D eigenvalue weighted by atomic mass is 15.0. The smallest absolute Gasteiger partial charge is 0.0164 e. The van der Waals surface area contributed by atoms with Gasteiger partial charge in [-0.3, -0.25) is 0 Å². The Morgan fingerprint density at radius 2 is 1.50 bits per heavy atom. The van der Waals surface area contributed by atoms with E-state index in [-0.39, 0.29) is 0 Å². The maximum absolute atomic E-state index is 3.65. The van der Waals surface area contributed by atoms with Crippen LogP contribution in [0.3, 0.4) is 0 Å². The first-order chi connectivity index (χ1) is 7.74. The molecule has 0 aliphatic rings. The minimum Gasteiger partial charge on any atom is -0.315 e. The molecular formula is C14H32N2. The maximum Gasteiger partial charge on any atom is 0.0164 e. The molecule has 0 saturated heterocycles. The van der Waals surface area contributed by atoms with E-state index in [9.17, 15) is 0 Å². The molecule has 1 unspecified atom stereocenters. The van der Waals surface area contributed by atoms with Crippen LogP contribution in [-0.4, -0.2) is 25.7 Å². The van der Waals surface area contributed by atoms with Crippen LogP contribution in [0, 0.1) is 5.92 Å². The van der Waals surface area contributed by atoms with Gasteiger partial charge in [0.1, 0.15) is 0 Å². The molecule has 0 aromatic rings. The van der Waals surface area contributed by atoms with Gasteiger partial charge in [0.05, 0.1) is 0 Å². The van der Waals surface area contributed by atoms with Crippen molar-refractivity contribution >= 4 is 0 Å². The third-order valence-electron chi connectivity index (χ3n) is 3.03. The van der Waals surface area contributed by atoms with Crippen molar-refractivity contribution in [2.75, 3.05) is 19.6 Å². The fraction of sp³-hybridized carbons (Fsp3) is 1.00. The van der Waals surface area contributed by atoms with E-state index in [1.807, 2.05) is 0 Å². The lowest BCUT2D eigenvalue weighted by atomic mass is 9.98. The Morgan fingerprint density at radius 3 is 2.00 bits per heavy atom. The second-order valence-electron chi connectivity index (χ2n) is 4.96. The van der Waals surface area contributed by atoms with E-state index in [2.05, 4.69) is 38.3 Å². The SMILES string of the molecule is CCCNCC(C)NCC(CCC)CCC. The largest absolute Gasteiger partial charge is 0.315 e. The van der Waals surface area contributed by atoms with Crippen LogP contribution in [0.4, 0.5) is 0 Å². The van der Waals surface area contributed by atoms with Crippen molar-refractivity contribution in [1.82, 2.24) is 10.6 Å². The van der Waals surface area contributed by atoms with E-state index in [4.69, 9.17) is 0 Å². The van der Waals surface area contributed by atoms with Crippen molar-refractivity contribution in [3.63, 3.8) is 0 Å². The van der Waals surface area contributed by atoms with E-state index in [1.54, 1.807) is 0 Å². The van der Waals surface area contributed by atoms with Crippen LogP contribution < -0.4 is 10.6 Å². The van der Waals surface area contributed by atoms with Crippen LogP contribution in [0.15, 0.2) is 0 Å². The van der Waals surface area contributed by atoms with Gasteiger partial charge in [0.2, 0.25) is 0 Å². The van der Waals surface area contributed by atoms with E-state index in [0.29, 0.717) is 6.04 Å². The highest BCUT2D eigenvalue weighted by molar-refractivity contribution is 4.68. The Kier molecular flexibility index (Phi) is 11.3. The van der Waals surface area contributed by atoms with Crippen LogP contribution in [0.5, 0.6) is 0 Å².